The third-order valence-electron chi connectivity index (χ3n) is 9.38. The number of ether oxygens (including phenoxy) is 1. The molecule has 0 spiro atoms. The molecule has 3 aliphatic rings. The van der Waals surface area contributed by atoms with Crippen LogP contribution in [-0.2, 0) is 25.0 Å². The maximum atomic E-state index is 15.0. The minimum absolute atomic E-state index is 0.0687. The highest BCUT2D eigenvalue weighted by Crippen LogP contribution is 2.52. The summed E-state index contributed by atoms with van der Waals surface area (Å²) in [5.74, 6) is -0.974. The Balaban J connectivity index is 1.44. The Morgan fingerprint density at radius 1 is 1.02 bits per heavy atom. The number of amides is 2. The minimum Gasteiger partial charge on any atom is -0.478 e. The number of anilines is 1. The van der Waals surface area contributed by atoms with Gasteiger partial charge in [-0.05, 0) is 81.7 Å². The summed E-state index contributed by atoms with van der Waals surface area (Å²) in [7, 11) is -2.27. The fourth-order valence-corrected chi connectivity index (χ4v) is 8.58. The zero-order valence-corrected chi connectivity index (χ0v) is 26.9. The second kappa shape index (κ2) is 12.8. The zero-order valence-electron chi connectivity index (χ0n) is 26.1. The molecular weight excluding hydrogens is 604 g/mol. The molecular formula is C34H38N6O5S. The smallest absolute Gasteiger partial charge is 0.270 e. The van der Waals surface area contributed by atoms with E-state index in [0.717, 1.165) is 17.3 Å². The van der Waals surface area contributed by atoms with E-state index in [9.17, 15) is 23.3 Å². The van der Waals surface area contributed by atoms with Crippen molar-refractivity contribution in [2.24, 2.45) is 0 Å². The molecule has 46 heavy (non-hydrogen) atoms. The highest BCUT2D eigenvalue weighted by molar-refractivity contribution is 7.93. The summed E-state index contributed by atoms with van der Waals surface area (Å²) in [6.45, 7) is 5.42. The van der Waals surface area contributed by atoms with E-state index in [1.165, 1.54) is 49.4 Å². The van der Waals surface area contributed by atoms with Gasteiger partial charge in [-0.2, -0.15) is 5.26 Å². The van der Waals surface area contributed by atoms with Crippen molar-refractivity contribution in [2.45, 2.75) is 49.1 Å². The molecule has 0 N–H and O–H groups in total. The summed E-state index contributed by atoms with van der Waals surface area (Å²) in [5, 5.41) is 9.87. The number of piperidine rings is 1. The van der Waals surface area contributed by atoms with E-state index in [4.69, 9.17) is 4.74 Å². The second-order valence-electron chi connectivity index (χ2n) is 12.0. The maximum absolute atomic E-state index is 15.0. The van der Waals surface area contributed by atoms with Crippen molar-refractivity contribution >= 4 is 27.5 Å². The van der Waals surface area contributed by atoms with Gasteiger partial charge in [0, 0.05) is 44.4 Å². The standard InChI is InChI=1S/C34H38N6O5S/c1-3-45-32-27(12-9-16-36-32)34(23-31(41)39-20-18-38(19-21-39)30-13-7-8-17-37(30)2)28-22-25(24-35)14-15-29(28)40(33(34)42)46(43,44)26-10-5-4-6-11-26/h4-6,9-12,14-16,22,30H,3,7-8,13,17-21,23H2,1-2H3. The first-order chi connectivity index (χ1) is 22.2. The molecule has 1 aromatic heterocycles. The van der Waals surface area contributed by atoms with Crippen molar-refractivity contribution < 1.29 is 22.7 Å². The third-order valence-corrected chi connectivity index (χ3v) is 11.1. The Kier molecular flexibility index (Phi) is 8.83. The molecule has 0 bridgehead atoms. The fraction of sp³-hybridized carbons (Fsp3) is 0.412. The van der Waals surface area contributed by atoms with Crippen LogP contribution in [0.5, 0.6) is 5.88 Å². The number of fused-ring (bicyclic) bond motifs is 1. The van der Waals surface area contributed by atoms with Crippen molar-refractivity contribution in [1.82, 2.24) is 19.7 Å². The number of aromatic nitrogens is 1. The average Bonchev–Trinajstić information content (AvgIpc) is 3.33. The van der Waals surface area contributed by atoms with Crippen LogP contribution in [0.15, 0.2) is 71.8 Å². The predicted molar refractivity (Wildman–Crippen MR) is 171 cm³/mol. The molecule has 2 atom stereocenters. The van der Waals surface area contributed by atoms with Gasteiger partial charge in [0.25, 0.3) is 15.9 Å². The van der Waals surface area contributed by atoms with Crippen LogP contribution in [0.25, 0.3) is 0 Å². The summed E-state index contributed by atoms with van der Waals surface area (Å²) in [5.41, 5.74) is -0.965. The van der Waals surface area contributed by atoms with Gasteiger partial charge in [-0.15, -0.1) is 0 Å². The molecule has 0 radical (unpaired) electrons. The van der Waals surface area contributed by atoms with Crippen LogP contribution in [0.2, 0.25) is 0 Å². The van der Waals surface area contributed by atoms with Crippen molar-refractivity contribution in [3.05, 3.63) is 83.6 Å². The number of hydrogen-bond donors (Lipinski definition) is 0. The number of pyridine rings is 1. The number of piperazine rings is 1. The lowest BCUT2D eigenvalue weighted by Gasteiger charge is -2.45. The van der Waals surface area contributed by atoms with E-state index in [-0.39, 0.29) is 52.1 Å². The number of sulfonamides is 1. The normalized spacial score (nSPS) is 22.4. The maximum Gasteiger partial charge on any atom is 0.270 e. The lowest BCUT2D eigenvalue weighted by molar-refractivity contribution is -0.137. The molecule has 4 heterocycles. The Morgan fingerprint density at radius 3 is 2.48 bits per heavy atom. The molecule has 6 rings (SSSR count). The molecule has 2 saturated heterocycles. The van der Waals surface area contributed by atoms with Gasteiger partial charge in [0.15, 0.2) is 0 Å². The van der Waals surface area contributed by atoms with Crippen LogP contribution in [0, 0.1) is 11.3 Å². The Labute approximate surface area is 270 Å². The first-order valence-corrected chi connectivity index (χ1v) is 17.2. The molecule has 2 unspecified atom stereocenters. The SMILES string of the molecule is CCOc1ncccc1C1(CC(=O)N2CCN(C3CCCCN3C)CC2)C(=O)N(S(=O)(=O)c2ccccc2)c2ccc(C#N)cc21. The topological polar surface area (TPSA) is 127 Å². The molecule has 240 valence electrons. The molecule has 0 aliphatic carbocycles. The first kappa shape index (κ1) is 31.7. The largest absolute Gasteiger partial charge is 0.478 e. The summed E-state index contributed by atoms with van der Waals surface area (Å²) >= 11 is 0. The van der Waals surface area contributed by atoms with Crippen LogP contribution < -0.4 is 9.04 Å². The summed E-state index contributed by atoms with van der Waals surface area (Å²) in [6, 6.07) is 17.6. The van der Waals surface area contributed by atoms with Gasteiger partial charge >= 0.3 is 0 Å². The number of carbonyl (C=O) groups excluding carboxylic acids is 2. The van der Waals surface area contributed by atoms with E-state index < -0.39 is 21.3 Å². The molecule has 11 nitrogen and oxygen atoms in total. The van der Waals surface area contributed by atoms with Crippen LogP contribution in [-0.4, -0.2) is 92.5 Å². The van der Waals surface area contributed by atoms with Gasteiger partial charge in [0.2, 0.25) is 11.8 Å². The van der Waals surface area contributed by atoms with E-state index in [0.29, 0.717) is 32.3 Å². The van der Waals surface area contributed by atoms with Crippen molar-refractivity contribution in [3.63, 3.8) is 0 Å². The molecule has 3 aliphatic heterocycles. The fourth-order valence-electron chi connectivity index (χ4n) is 7.08. The van der Waals surface area contributed by atoms with E-state index in [1.807, 2.05) is 0 Å². The summed E-state index contributed by atoms with van der Waals surface area (Å²) in [4.78, 5) is 40.2. The lowest BCUT2D eigenvalue weighted by Crippen LogP contribution is -2.57. The summed E-state index contributed by atoms with van der Waals surface area (Å²) < 4.78 is 35.0. The monoisotopic (exact) mass is 642 g/mol. The van der Waals surface area contributed by atoms with E-state index in [2.05, 4.69) is 27.9 Å². The van der Waals surface area contributed by atoms with Crippen molar-refractivity contribution in [3.8, 4) is 11.9 Å². The van der Waals surface area contributed by atoms with Crippen molar-refractivity contribution in [1.29, 1.82) is 5.26 Å². The molecule has 12 heteroatoms. The highest BCUT2D eigenvalue weighted by atomic mass is 32.2. The van der Waals surface area contributed by atoms with E-state index >= 15 is 0 Å². The lowest BCUT2D eigenvalue weighted by atomic mass is 9.72. The number of rotatable bonds is 8. The highest BCUT2D eigenvalue weighted by Gasteiger charge is 2.58. The number of hydrogen-bond acceptors (Lipinski definition) is 9. The van der Waals surface area contributed by atoms with Crippen LogP contribution >= 0.6 is 0 Å². The van der Waals surface area contributed by atoms with Gasteiger partial charge in [0.05, 0.1) is 35.0 Å². The van der Waals surface area contributed by atoms with Gasteiger partial charge in [-0.25, -0.2) is 17.7 Å². The number of likely N-dealkylation sites (tertiary alicyclic amines) is 1. The number of benzene rings is 2. The average molecular weight is 643 g/mol. The quantitative estimate of drug-likeness (QED) is 0.364. The second-order valence-corrected chi connectivity index (χ2v) is 13.8. The van der Waals surface area contributed by atoms with Gasteiger partial charge < -0.3 is 9.64 Å². The Bertz CT molecular complexity index is 1770. The minimum atomic E-state index is -4.41. The van der Waals surface area contributed by atoms with Gasteiger partial charge in [-0.3, -0.25) is 19.4 Å². The third kappa shape index (κ3) is 5.42. The van der Waals surface area contributed by atoms with Crippen LogP contribution in [0.4, 0.5) is 5.69 Å². The van der Waals surface area contributed by atoms with Crippen molar-refractivity contribution in [2.75, 3.05) is 50.7 Å². The summed E-state index contributed by atoms with van der Waals surface area (Å²) in [6.07, 6.45) is 4.96. The Hall–Kier alpha value is -4.31. The zero-order chi connectivity index (χ0) is 32.5. The first-order valence-electron chi connectivity index (χ1n) is 15.7. The molecule has 0 saturated carbocycles. The molecule has 2 aromatic carbocycles. The predicted octanol–water partition coefficient (Wildman–Crippen LogP) is 3.35. The van der Waals surface area contributed by atoms with Crippen LogP contribution in [0.3, 0.4) is 0 Å². The van der Waals surface area contributed by atoms with Gasteiger partial charge in [-0.1, -0.05) is 24.3 Å². The Morgan fingerprint density at radius 2 is 1.78 bits per heavy atom. The number of nitrogens with zero attached hydrogens (tertiary/aromatic N) is 6. The molecule has 3 aromatic rings. The number of carbonyl (C=O) groups is 2. The number of nitriles is 1. The van der Waals surface area contributed by atoms with Gasteiger partial charge in [0.1, 0.15) is 5.41 Å². The van der Waals surface area contributed by atoms with E-state index in [1.54, 1.807) is 42.2 Å². The molecule has 2 amide bonds. The molecule has 2 fully saturated rings. The van der Waals surface area contributed by atoms with Crippen LogP contribution in [0.1, 0.15) is 49.3 Å².